The summed E-state index contributed by atoms with van der Waals surface area (Å²) in [7, 11) is 0. The molecule has 1 aromatic carbocycles. The smallest absolute Gasteiger partial charge is 0.258 e. The van der Waals surface area contributed by atoms with Gasteiger partial charge in [0.05, 0.1) is 0 Å². The minimum Gasteiger partial charge on any atom is -0.370 e. The molecule has 1 aromatic heterocycles. The monoisotopic (exact) mass is 261 g/mol. The first-order valence-corrected chi connectivity index (χ1v) is 6.53. The fraction of sp³-hybridized carbons (Fsp3) is 0.429. The maximum Gasteiger partial charge on any atom is 0.258 e. The predicted molar refractivity (Wildman–Crippen MR) is 72.3 cm³/mol. The molecule has 0 aliphatic rings. The zero-order chi connectivity index (χ0) is 13.7. The van der Waals surface area contributed by atoms with Gasteiger partial charge in [0, 0.05) is 18.7 Å². The quantitative estimate of drug-likeness (QED) is 0.865. The van der Waals surface area contributed by atoms with Crippen molar-refractivity contribution in [2.75, 3.05) is 6.61 Å². The number of aromatic nitrogens is 2. The van der Waals surface area contributed by atoms with Gasteiger partial charge in [-0.3, -0.25) is 0 Å². The van der Waals surface area contributed by atoms with Crippen molar-refractivity contribution in [2.45, 2.75) is 32.9 Å². The summed E-state index contributed by atoms with van der Waals surface area (Å²) in [6.45, 7) is 5.15. The molecule has 5 nitrogen and oxygen atoms in total. The SMILES string of the molecule is CCOC(CC)c1noc(-c2ccc(CN)cc2)n1. The van der Waals surface area contributed by atoms with Crippen LogP contribution in [-0.4, -0.2) is 16.7 Å². The maximum absolute atomic E-state index is 5.57. The Labute approximate surface area is 112 Å². The van der Waals surface area contributed by atoms with Crippen LogP contribution in [-0.2, 0) is 11.3 Å². The first-order chi connectivity index (χ1) is 9.28. The van der Waals surface area contributed by atoms with Crippen LogP contribution in [0.4, 0.5) is 0 Å². The fourth-order valence-corrected chi connectivity index (χ4v) is 1.84. The molecule has 1 unspecified atom stereocenters. The third-order valence-corrected chi connectivity index (χ3v) is 2.90. The van der Waals surface area contributed by atoms with E-state index in [4.69, 9.17) is 15.0 Å². The van der Waals surface area contributed by atoms with Crippen LogP contribution in [0.3, 0.4) is 0 Å². The van der Waals surface area contributed by atoms with Crippen molar-refractivity contribution in [3.63, 3.8) is 0 Å². The summed E-state index contributed by atoms with van der Waals surface area (Å²) in [5, 5.41) is 3.99. The Morgan fingerprint density at radius 2 is 2.00 bits per heavy atom. The summed E-state index contributed by atoms with van der Waals surface area (Å²) in [5.74, 6) is 1.11. The predicted octanol–water partition coefficient (Wildman–Crippen LogP) is 2.68. The van der Waals surface area contributed by atoms with Crippen molar-refractivity contribution in [1.82, 2.24) is 10.1 Å². The second-order valence-corrected chi connectivity index (χ2v) is 4.21. The van der Waals surface area contributed by atoms with E-state index in [2.05, 4.69) is 10.1 Å². The van der Waals surface area contributed by atoms with Crippen molar-refractivity contribution in [3.8, 4) is 11.5 Å². The molecule has 2 N–H and O–H groups in total. The van der Waals surface area contributed by atoms with Gasteiger partial charge < -0.3 is 15.0 Å². The van der Waals surface area contributed by atoms with Crippen LogP contribution in [0.1, 0.15) is 37.8 Å². The van der Waals surface area contributed by atoms with Crippen molar-refractivity contribution in [2.24, 2.45) is 5.73 Å². The van der Waals surface area contributed by atoms with Crippen LogP contribution in [0.2, 0.25) is 0 Å². The van der Waals surface area contributed by atoms with E-state index >= 15 is 0 Å². The van der Waals surface area contributed by atoms with Crippen LogP contribution in [0.25, 0.3) is 11.5 Å². The first kappa shape index (κ1) is 13.7. The molecule has 2 rings (SSSR count). The minimum atomic E-state index is -0.106. The van der Waals surface area contributed by atoms with Crippen LogP contribution < -0.4 is 5.73 Å². The van der Waals surface area contributed by atoms with Gasteiger partial charge in [0.2, 0.25) is 5.82 Å². The van der Waals surface area contributed by atoms with Gasteiger partial charge in [-0.1, -0.05) is 24.2 Å². The topological polar surface area (TPSA) is 74.2 Å². The van der Waals surface area contributed by atoms with E-state index < -0.39 is 0 Å². The summed E-state index contributed by atoms with van der Waals surface area (Å²) in [6, 6.07) is 7.78. The summed E-state index contributed by atoms with van der Waals surface area (Å²) in [6.07, 6.45) is 0.713. The molecule has 0 radical (unpaired) electrons. The highest BCUT2D eigenvalue weighted by molar-refractivity contribution is 5.53. The highest BCUT2D eigenvalue weighted by Crippen LogP contribution is 2.23. The second-order valence-electron chi connectivity index (χ2n) is 4.21. The molecule has 1 heterocycles. The van der Waals surface area contributed by atoms with Crippen molar-refractivity contribution >= 4 is 0 Å². The summed E-state index contributed by atoms with van der Waals surface area (Å²) in [5.41, 5.74) is 7.53. The number of nitrogens with two attached hydrogens (primary N) is 1. The Morgan fingerprint density at radius 1 is 1.26 bits per heavy atom. The normalized spacial score (nSPS) is 12.6. The molecule has 1 atom stereocenters. The molecule has 102 valence electrons. The largest absolute Gasteiger partial charge is 0.370 e. The van der Waals surface area contributed by atoms with E-state index in [1.807, 2.05) is 38.1 Å². The average molecular weight is 261 g/mol. The van der Waals surface area contributed by atoms with Crippen molar-refractivity contribution < 1.29 is 9.26 Å². The molecule has 0 saturated heterocycles. The molecule has 2 aromatic rings. The molecular weight excluding hydrogens is 242 g/mol. The van der Waals surface area contributed by atoms with Crippen LogP contribution in [0.5, 0.6) is 0 Å². The van der Waals surface area contributed by atoms with Crippen molar-refractivity contribution in [1.29, 1.82) is 0 Å². The number of ether oxygens (including phenoxy) is 1. The molecule has 0 fully saturated rings. The summed E-state index contributed by atoms with van der Waals surface area (Å²) < 4.78 is 10.8. The minimum absolute atomic E-state index is 0.106. The lowest BCUT2D eigenvalue weighted by Crippen LogP contribution is -2.04. The molecule has 0 aliphatic heterocycles. The van der Waals surface area contributed by atoms with E-state index in [1.54, 1.807) is 0 Å². The van der Waals surface area contributed by atoms with E-state index in [0.717, 1.165) is 17.5 Å². The number of benzene rings is 1. The Morgan fingerprint density at radius 3 is 2.58 bits per heavy atom. The fourth-order valence-electron chi connectivity index (χ4n) is 1.84. The first-order valence-electron chi connectivity index (χ1n) is 6.53. The standard InChI is InChI=1S/C14H19N3O2/c1-3-12(18-4-2)13-16-14(19-17-13)11-7-5-10(9-15)6-8-11/h5-8,12H,3-4,9,15H2,1-2H3. The van der Waals surface area contributed by atoms with E-state index in [1.165, 1.54) is 0 Å². The zero-order valence-electron chi connectivity index (χ0n) is 11.3. The van der Waals surface area contributed by atoms with Crippen LogP contribution >= 0.6 is 0 Å². The van der Waals surface area contributed by atoms with E-state index in [0.29, 0.717) is 24.9 Å². The Kier molecular flexibility index (Phi) is 4.65. The molecular formula is C14H19N3O2. The number of hydrogen-bond acceptors (Lipinski definition) is 5. The van der Waals surface area contributed by atoms with Gasteiger partial charge >= 0.3 is 0 Å². The molecule has 5 heteroatoms. The van der Waals surface area contributed by atoms with Gasteiger partial charge in [-0.05, 0) is 31.0 Å². The molecule has 0 amide bonds. The average Bonchev–Trinajstić information content (AvgIpc) is 2.94. The molecule has 0 saturated carbocycles. The van der Waals surface area contributed by atoms with E-state index in [-0.39, 0.29) is 6.10 Å². The third kappa shape index (κ3) is 3.19. The zero-order valence-corrected chi connectivity index (χ0v) is 11.3. The molecule has 0 bridgehead atoms. The highest BCUT2D eigenvalue weighted by Gasteiger charge is 2.17. The Balaban J connectivity index is 2.19. The van der Waals surface area contributed by atoms with Crippen LogP contribution in [0, 0.1) is 0 Å². The number of hydrogen-bond donors (Lipinski definition) is 1. The molecule has 0 spiro atoms. The summed E-state index contributed by atoms with van der Waals surface area (Å²) in [4.78, 5) is 4.39. The van der Waals surface area contributed by atoms with Gasteiger partial charge in [-0.15, -0.1) is 0 Å². The van der Waals surface area contributed by atoms with Crippen LogP contribution in [0.15, 0.2) is 28.8 Å². The summed E-state index contributed by atoms with van der Waals surface area (Å²) >= 11 is 0. The lowest BCUT2D eigenvalue weighted by molar-refractivity contribution is 0.0518. The maximum atomic E-state index is 5.57. The highest BCUT2D eigenvalue weighted by atomic mass is 16.5. The lowest BCUT2D eigenvalue weighted by atomic mass is 10.1. The lowest BCUT2D eigenvalue weighted by Gasteiger charge is -2.09. The van der Waals surface area contributed by atoms with Gasteiger partial charge in [0.25, 0.3) is 5.89 Å². The van der Waals surface area contributed by atoms with Gasteiger partial charge in [-0.2, -0.15) is 4.98 Å². The van der Waals surface area contributed by atoms with Gasteiger partial charge in [0.15, 0.2) is 0 Å². The van der Waals surface area contributed by atoms with E-state index in [9.17, 15) is 0 Å². The van der Waals surface area contributed by atoms with Gasteiger partial charge in [0.1, 0.15) is 6.10 Å². The third-order valence-electron chi connectivity index (χ3n) is 2.90. The molecule has 0 aliphatic carbocycles. The number of rotatable bonds is 6. The number of nitrogens with zero attached hydrogens (tertiary/aromatic N) is 2. The second kappa shape index (κ2) is 6.45. The molecule has 19 heavy (non-hydrogen) atoms. The Bertz CT molecular complexity index is 508. The van der Waals surface area contributed by atoms with Gasteiger partial charge in [-0.25, -0.2) is 0 Å². The van der Waals surface area contributed by atoms with Crippen molar-refractivity contribution in [3.05, 3.63) is 35.7 Å². The Hall–Kier alpha value is -1.72.